The highest BCUT2D eigenvalue weighted by molar-refractivity contribution is 14.1. The van der Waals surface area contributed by atoms with Crippen molar-refractivity contribution in [3.05, 3.63) is 52.3 Å². The minimum absolute atomic E-state index is 0.0666. The smallest absolute Gasteiger partial charge is 0.256 e. The number of H-pyrrole nitrogens is 1. The predicted octanol–water partition coefficient (Wildman–Crippen LogP) is 3.20. The molecule has 2 aromatic carbocycles. The maximum Gasteiger partial charge on any atom is 0.256 e. The first-order valence-corrected chi connectivity index (χ1v) is 7.12. The lowest BCUT2D eigenvalue weighted by atomic mass is 10.0. The molecule has 3 rings (SSSR count). The Morgan fingerprint density at radius 3 is 2.61 bits per heavy atom. The third kappa shape index (κ3) is 1.68. The molecule has 0 aliphatic heterocycles. The number of nitrogen functional groups attached to an aromatic ring is 1. The number of nitrogens with one attached hydrogen (secondary N) is 1. The summed E-state index contributed by atoms with van der Waals surface area (Å²) in [5, 5.41) is 2.80. The highest BCUT2D eigenvalue weighted by atomic mass is 127. The first-order chi connectivity index (χ1) is 8.70. The summed E-state index contributed by atoms with van der Waals surface area (Å²) in [6.45, 7) is 0. The lowest BCUT2D eigenvalue weighted by Crippen LogP contribution is -2.07. The number of anilines is 1. The molecule has 90 valence electrons. The van der Waals surface area contributed by atoms with Crippen molar-refractivity contribution in [1.29, 1.82) is 0 Å². The van der Waals surface area contributed by atoms with E-state index in [1.165, 1.54) is 0 Å². The molecular weight excluding hydrogens is 339 g/mol. The maximum absolute atomic E-state index is 12.0. The second-order valence-electron chi connectivity index (χ2n) is 4.24. The third-order valence-electron chi connectivity index (χ3n) is 3.08. The van der Waals surface area contributed by atoms with E-state index in [4.69, 9.17) is 5.73 Å². The summed E-state index contributed by atoms with van der Waals surface area (Å²) in [6, 6.07) is 11.5. The van der Waals surface area contributed by atoms with Gasteiger partial charge < -0.3 is 10.7 Å². The van der Waals surface area contributed by atoms with Crippen molar-refractivity contribution in [2.24, 2.45) is 0 Å². The molecule has 0 saturated carbocycles. The van der Waals surface area contributed by atoms with E-state index in [-0.39, 0.29) is 5.56 Å². The fourth-order valence-corrected chi connectivity index (χ4v) is 2.94. The maximum atomic E-state index is 12.0. The monoisotopic (exact) mass is 350 g/mol. The SMILES string of the molecule is Nc1cc(CI)c2c(c1)[nH]c(=O)c1ccccc12. The molecule has 0 unspecified atom stereocenters. The van der Waals surface area contributed by atoms with Crippen LogP contribution in [0, 0.1) is 0 Å². The van der Waals surface area contributed by atoms with Gasteiger partial charge in [-0.1, -0.05) is 40.8 Å². The van der Waals surface area contributed by atoms with Crippen LogP contribution in [0.2, 0.25) is 0 Å². The van der Waals surface area contributed by atoms with Gasteiger partial charge in [0, 0.05) is 20.9 Å². The zero-order valence-electron chi connectivity index (χ0n) is 9.53. The van der Waals surface area contributed by atoms with Crippen molar-refractivity contribution < 1.29 is 0 Å². The van der Waals surface area contributed by atoms with Crippen LogP contribution in [0.4, 0.5) is 5.69 Å². The Bertz CT molecular complexity index is 808. The van der Waals surface area contributed by atoms with Gasteiger partial charge in [-0.2, -0.15) is 0 Å². The zero-order valence-corrected chi connectivity index (χ0v) is 11.7. The molecular formula is C14H11IN2O. The van der Waals surface area contributed by atoms with E-state index in [1.54, 1.807) is 0 Å². The molecule has 1 heterocycles. The number of aromatic nitrogens is 1. The quantitative estimate of drug-likeness (QED) is 0.307. The van der Waals surface area contributed by atoms with Crippen LogP contribution in [-0.4, -0.2) is 4.98 Å². The van der Waals surface area contributed by atoms with Gasteiger partial charge in [-0.3, -0.25) is 4.79 Å². The van der Waals surface area contributed by atoms with Gasteiger partial charge in [0.1, 0.15) is 0 Å². The number of hydrogen-bond donors (Lipinski definition) is 2. The van der Waals surface area contributed by atoms with Gasteiger partial charge in [0.25, 0.3) is 5.56 Å². The van der Waals surface area contributed by atoms with Crippen molar-refractivity contribution >= 4 is 50.0 Å². The van der Waals surface area contributed by atoms with E-state index in [0.717, 1.165) is 31.7 Å². The molecule has 1 aromatic heterocycles. The lowest BCUT2D eigenvalue weighted by molar-refractivity contribution is 1.33. The standard InChI is InChI=1S/C14H11IN2O/c15-7-8-5-9(16)6-12-13(8)10-3-1-2-4-11(10)14(18)17-12/h1-6H,7,16H2,(H,17,18). The van der Waals surface area contributed by atoms with Crippen molar-refractivity contribution in [2.75, 3.05) is 5.73 Å². The fourth-order valence-electron chi connectivity index (χ4n) is 2.34. The number of aromatic amines is 1. The van der Waals surface area contributed by atoms with Crippen LogP contribution in [0.3, 0.4) is 0 Å². The summed E-state index contributed by atoms with van der Waals surface area (Å²) in [6.07, 6.45) is 0. The van der Waals surface area contributed by atoms with Gasteiger partial charge >= 0.3 is 0 Å². The fraction of sp³-hybridized carbons (Fsp3) is 0.0714. The molecule has 3 nitrogen and oxygen atoms in total. The molecule has 0 aliphatic carbocycles. The van der Waals surface area contributed by atoms with Crippen molar-refractivity contribution in [3.8, 4) is 0 Å². The van der Waals surface area contributed by atoms with Gasteiger partial charge in [-0.25, -0.2) is 0 Å². The van der Waals surface area contributed by atoms with Crippen LogP contribution in [-0.2, 0) is 4.43 Å². The van der Waals surface area contributed by atoms with E-state index in [2.05, 4.69) is 27.6 Å². The van der Waals surface area contributed by atoms with Gasteiger partial charge in [0.15, 0.2) is 0 Å². The predicted molar refractivity (Wildman–Crippen MR) is 84.2 cm³/mol. The van der Waals surface area contributed by atoms with Gasteiger partial charge in [-0.15, -0.1) is 0 Å². The Labute approximate surface area is 117 Å². The summed E-state index contributed by atoms with van der Waals surface area (Å²) in [4.78, 5) is 14.9. The summed E-state index contributed by atoms with van der Waals surface area (Å²) in [5.41, 5.74) is 8.44. The molecule has 18 heavy (non-hydrogen) atoms. The highest BCUT2D eigenvalue weighted by Crippen LogP contribution is 2.28. The molecule has 3 N–H and O–H groups in total. The number of benzene rings is 2. The van der Waals surface area contributed by atoms with E-state index in [9.17, 15) is 4.79 Å². The number of pyridine rings is 1. The topological polar surface area (TPSA) is 58.9 Å². The number of hydrogen-bond acceptors (Lipinski definition) is 2. The summed E-state index contributed by atoms with van der Waals surface area (Å²) in [7, 11) is 0. The second kappa shape index (κ2) is 4.28. The summed E-state index contributed by atoms with van der Waals surface area (Å²) < 4.78 is 0.856. The van der Waals surface area contributed by atoms with Crippen LogP contribution in [0.25, 0.3) is 21.7 Å². The molecule has 0 amide bonds. The Balaban J connectivity index is 2.64. The molecule has 3 aromatic rings. The highest BCUT2D eigenvalue weighted by Gasteiger charge is 2.09. The third-order valence-corrected chi connectivity index (χ3v) is 3.90. The number of nitrogens with two attached hydrogens (primary N) is 1. The largest absolute Gasteiger partial charge is 0.399 e. The molecule has 0 radical (unpaired) electrons. The van der Waals surface area contributed by atoms with Crippen molar-refractivity contribution in [2.45, 2.75) is 4.43 Å². The Morgan fingerprint density at radius 1 is 1.17 bits per heavy atom. The lowest BCUT2D eigenvalue weighted by Gasteiger charge is -2.09. The number of rotatable bonds is 1. The average Bonchev–Trinajstić information content (AvgIpc) is 2.37. The first-order valence-electron chi connectivity index (χ1n) is 5.60. The van der Waals surface area contributed by atoms with Gasteiger partial charge in [0.05, 0.1) is 5.52 Å². The second-order valence-corrected chi connectivity index (χ2v) is 5.00. The molecule has 0 fully saturated rings. The number of halogens is 1. The average molecular weight is 350 g/mol. The number of fused-ring (bicyclic) bond motifs is 3. The summed E-state index contributed by atoms with van der Waals surface area (Å²) in [5.74, 6) is 0. The van der Waals surface area contributed by atoms with Crippen LogP contribution < -0.4 is 11.3 Å². The van der Waals surface area contributed by atoms with E-state index < -0.39 is 0 Å². The van der Waals surface area contributed by atoms with E-state index >= 15 is 0 Å². The Kier molecular flexibility index (Phi) is 2.74. The van der Waals surface area contributed by atoms with E-state index in [1.807, 2.05) is 36.4 Å². The molecule has 0 saturated heterocycles. The van der Waals surface area contributed by atoms with Crippen LogP contribution >= 0.6 is 22.6 Å². The summed E-state index contributed by atoms with van der Waals surface area (Å²) >= 11 is 2.31. The van der Waals surface area contributed by atoms with Crippen LogP contribution in [0.5, 0.6) is 0 Å². The zero-order chi connectivity index (χ0) is 12.7. The van der Waals surface area contributed by atoms with Crippen LogP contribution in [0.15, 0.2) is 41.2 Å². The minimum atomic E-state index is -0.0666. The minimum Gasteiger partial charge on any atom is -0.399 e. The molecule has 4 heteroatoms. The van der Waals surface area contributed by atoms with Crippen molar-refractivity contribution in [1.82, 2.24) is 4.98 Å². The van der Waals surface area contributed by atoms with E-state index in [0.29, 0.717) is 5.69 Å². The molecule has 0 atom stereocenters. The van der Waals surface area contributed by atoms with Crippen LogP contribution in [0.1, 0.15) is 5.56 Å². The molecule has 0 spiro atoms. The first kappa shape index (κ1) is 11.5. The van der Waals surface area contributed by atoms with Crippen molar-refractivity contribution in [3.63, 3.8) is 0 Å². The van der Waals surface area contributed by atoms with Gasteiger partial charge in [0.2, 0.25) is 0 Å². The Hall–Kier alpha value is -1.56. The number of alkyl halides is 1. The normalized spacial score (nSPS) is 11.2. The molecule has 0 bridgehead atoms. The Morgan fingerprint density at radius 2 is 1.89 bits per heavy atom. The molecule has 0 aliphatic rings. The van der Waals surface area contributed by atoms with Gasteiger partial charge in [-0.05, 0) is 29.1 Å².